The molecule has 0 saturated heterocycles. The number of hydrogen-bond acceptors (Lipinski definition) is 4. The van der Waals surface area contributed by atoms with Gasteiger partial charge in [0.15, 0.2) is 18.1 Å². The Kier molecular flexibility index (Phi) is 5.74. The molecule has 2 rings (SSSR count). The van der Waals surface area contributed by atoms with Gasteiger partial charge in [0.1, 0.15) is 5.82 Å². The van der Waals surface area contributed by atoms with E-state index < -0.39 is 0 Å². The van der Waals surface area contributed by atoms with Gasteiger partial charge in [-0.3, -0.25) is 4.79 Å². The van der Waals surface area contributed by atoms with E-state index in [0.29, 0.717) is 29.3 Å². The van der Waals surface area contributed by atoms with E-state index >= 15 is 0 Å². The highest BCUT2D eigenvalue weighted by Crippen LogP contribution is 2.28. The van der Waals surface area contributed by atoms with Crippen LogP contribution < -0.4 is 14.4 Å². The van der Waals surface area contributed by atoms with E-state index in [9.17, 15) is 9.18 Å². The Balaban J connectivity index is 2.09. The number of hydrogen-bond donors (Lipinski definition) is 0. The van der Waals surface area contributed by atoms with Crippen molar-refractivity contribution < 1.29 is 18.7 Å². The SMILES string of the molecule is CCN(C(=O)COc1ccc(C#N)cc1OC)c1ccc(F)cc1. The molecule has 0 aromatic heterocycles. The monoisotopic (exact) mass is 328 g/mol. The van der Waals surface area contributed by atoms with Crippen LogP contribution in [0.2, 0.25) is 0 Å². The summed E-state index contributed by atoms with van der Waals surface area (Å²) < 4.78 is 23.7. The highest BCUT2D eigenvalue weighted by Gasteiger charge is 2.16. The molecule has 0 aliphatic rings. The zero-order valence-corrected chi connectivity index (χ0v) is 13.5. The predicted molar refractivity (Wildman–Crippen MR) is 87.6 cm³/mol. The van der Waals surface area contributed by atoms with Gasteiger partial charge < -0.3 is 14.4 Å². The van der Waals surface area contributed by atoms with Crippen LogP contribution >= 0.6 is 0 Å². The van der Waals surface area contributed by atoms with Crippen molar-refractivity contribution in [3.05, 3.63) is 53.8 Å². The lowest BCUT2D eigenvalue weighted by Crippen LogP contribution is -2.34. The molecule has 124 valence electrons. The second kappa shape index (κ2) is 7.97. The largest absolute Gasteiger partial charge is 0.493 e. The Morgan fingerprint density at radius 2 is 1.92 bits per heavy atom. The van der Waals surface area contributed by atoms with Gasteiger partial charge in [-0.05, 0) is 43.3 Å². The Morgan fingerprint density at radius 3 is 2.50 bits per heavy atom. The molecular weight excluding hydrogens is 311 g/mol. The van der Waals surface area contributed by atoms with Crippen LogP contribution in [-0.2, 0) is 4.79 Å². The number of likely N-dealkylation sites (N-methyl/N-ethyl adjacent to an activating group) is 1. The highest BCUT2D eigenvalue weighted by atomic mass is 19.1. The summed E-state index contributed by atoms with van der Waals surface area (Å²) in [6, 6.07) is 12.4. The molecule has 0 fully saturated rings. The smallest absolute Gasteiger partial charge is 0.264 e. The molecule has 0 aliphatic carbocycles. The van der Waals surface area contributed by atoms with Crippen molar-refractivity contribution in [2.75, 3.05) is 25.2 Å². The average molecular weight is 328 g/mol. The molecule has 0 unspecified atom stereocenters. The lowest BCUT2D eigenvalue weighted by Gasteiger charge is -2.21. The first kappa shape index (κ1) is 17.3. The number of rotatable bonds is 6. The zero-order chi connectivity index (χ0) is 17.5. The predicted octanol–water partition coefficient (Wildman–Crippen LogP) is 3.14. The van der Waals surface area contributed by atoms with E-state index in [1.807, 2.05) is 13.0 Å². The molecule has 0 atom stereocenters. The summed E-state index contributed by atoms with van der Waals surface area (Å²) in [7, 11) is 1.46. The Labute approximate surface area is 139 Å². The third-order valence-corrected chi connectivity index (χ3v) is 3.40. The van der Waals surface area contributed by atoms with Crippen molar-refractivity contribution in [3.8, 4) is 17.6 Å². The number of nitriles is 1. The number of amides is 1. The van der Waals surface area contributed by atoms with Crippen LogP contribution in [0.15, 0.2) is 42.5 Å². The van der Waals surface area contributed by atoms with Crippen LogP contribution in [0, 0.1) is 17.1 Å². The number of benzene rings is 2. The fourth-order valence-electron chi connectivity index (χ4n) is 2.20. The molecule has 0 saturated carbocycles. The maximum atomic E-state index is 13.0. The van der Waals surface area contributed by atoms with Crippen LogP contribution in [0.4, 0.5) is 10.1 Å². The number of ether oxygens (including phenoxy) is 2. The van der Waals surface area contributed by atoms with Gasteiger partial charge in [0.2, 0.25) is 0 Å². The minimum atomic E-state index is -0.360. The average Bonchev–Trinajstić information content (AvgIpc) is 2.62. The summed E-state index contributed by atoms with van der Waals surface area (Å²) >= 11 is 0. The molecule has 24 heavy (non-hydrogen) atoms. The van der Waals surface area contributed by atoms with Gasteiger partial charge in [-0.15, -0.1) is 0 Å². The Hall–Kier alpha value is -3.07. The summed E-state index contributed by atoms with van der Waals surface area (Å²) in [5, 5.41) is 8.88. The first-order valence-corrected chi connectivity index (χ1v) is 7.36. The van der Waals surface area contributed by atoms with Crippen molar-refractivity contribution in [2.45, 2.75) is 6.92 Å². The second-order valence-electron chi connectivity index (χ2n) is 4.88. The van der Waals surface area contributed by atoms with Gasteiger partial charge in [0.25, 0.3) is 5.91 Å². The van der Waals surface area contributed by atoms with Crippen LogP contribution in [-0.4, -0.2) is 26.2 Å². The van der Waals surface area contributed by atoms with Crippen molar-refractivity contribution in [2.24, 2.45) is 0 Å². The molecule has 0 bridgehead atoms. The zero-order valence-electron chi connectivity index (χ0n) is 13.5. The maximum absolute atomic E-state index is 13.0. The van der Waals surface area contributed by atoms with Gasteiger partial charge in [-0.1, -0.05) is 0 Å². The summed E-state index contributed by atoms with van der Waals surface area (Å²) in [6.07, 6.45) is 0. The van der Waals surface area contributed by atoms with Gasteiger partial charge >= 0.3 is 0 Å². The Morgan fingerprint density at radius 1 is 1.21 bits per heavy atom. The number of carbonyl (C=O) groups is 1. The van der Waals surface area contributed by atoms with Crippen LogP contribution in [0.1, 0.15) is 12.5 Å². The minimum absolute atomic E-state index is 0.201. The number of anilines is 1. The third kappa shape index (κ3) is 4.02. The van der Waals surface area contributed by atoms with E-state index in [-0.39, 0.29) is 18.3 Å². The first-order valence-electron chi connectivity index (χ1n) is 7.36. The number of methoxy groups -OCH3 is 1. The maximum Gasteiger partial charge on any atom is 0.264 e. The summed E-state index contributed by atoms with van der Waals surface area (Å²) in [5.41, 5.74) is 1.03. The van der Waals surface area contributed by atoms with Crippen molar-refractivity contribution in [1.82, 2.24) is 0 Å². The van der Waals surface area contributed by atoms with Crippen molar-refractivity contribution in [1.29, 1.82) is 5.26 Å². The van der Waals surface area contributed by atoms with Gasteiger partial charge in [0.05, 0.1) is 18.7 Å². The van der Waals surface area contributed by atoms with Gasteiger partial charge in [0, 0.05) is 18.3 Å². The van der Waals surface area contributed by atoms with E-state index in [1.165, 1.54) is 30.2 Å². The normalized spacial score (nSPS) is 9.92. The van der Waals surface area contributed by atoms with Crippen LogP contribution in [0.25, 0.3) is 0 Å². The van der Waals surface area contributed by atoms with Gasteiger partial charge in [-0.2, -0.15) is 5.26 Å². The van der Waals surface area contributed by atoms with E-state index in [2.05, 4.69) is 0 Å². The number of carbonyl (C=O) groups excluding carboxylic acids is 1. The van der Waals surface area contributed by atoms with Crippen LogP contribution in [0.3, 0.4) is 0 Å². The third-order valence-electron chi connectivity index (χ3n) is 3.40. The summed E-state index contributed by atoms with van der Waals surface area (Å²) in [6.45, 7) is 2.05. The molecule has 0 aliphatic heterocycles. The molecule has 0 spiro atoms. The van der Waals surface area contributed by atoms with E-state index in [4.69, 9.17) is 14.7 Å². The van der Waals surface area contributed by atoms with Crippen molar-refractivity contribution in [3.63, 3.8) is 0 Å². The highest BCUT2D eigenvalue weighted by molar-refractivity contribution is 5.94. The molecule has 6 heteroatoms. The second-order valence-corrected chi connectivity index (χ2v) is 4.88. The first-order chi connectivity index (χ1) is 11.6. The van der Waals surface area contributed by atoms with Crippen LogP contribution in [0.5, 0.6) is 11.5 Å². The lowest BCUT2D eigenvalue weighted by atomic mass is 10.2. The van der Waals surface area contributed by atoms with E-state index in [1.54, 1.807) is 24.3 Å². The van der Waals surface area contributed by atoms with Crippen molar-refractivity contribution >= 4 is 11.6 Å². The summed E-state index contributed by atoms with van der Waals surface area (Å²) in [5.74, 6) is 0.128. The number of nitrogens with zero attached hydrogens (tertiary/aromatic N) is 2. The molecule has 0 N–H and O–H groups in total. The molecule has 1 amide bonds. The molecule has 0 radical (unpaired) electrons. The van der Waals surface area contributed by atoms with Gasteiger partial charge in [-0.25, -0.2) is 4.39 Å². The Bertz CT molecular complexity index is 754. The topological polar surface area (TPSA) is 62.6 Å². The fourth-order valence-corrected chi connectivity index (χ4v) is 2.20. The molecular formula is C18H17FN2O3. The molecule has 2 aromatic rings. The molecule has 2 aromatic carbocycles. The molecule has 0 heterocycles. The minimum Gasteiger partial charge on any atom is -0.493 e. The lowest BCUT2D eigenvalue weighted by molar-refractivity contribution is -0.120. The fraction of sp³-hybridized carbons (Fsp3) is 0.222. The standard InChI is InChI=1S/C18H17FN2O3/c1-3-21(15-7-5-14(19)6-8-15)18(22)12-24-16-9-4-13(11-20)10-17(16)23-2/h4-10H,3,12H2,1-2H3. The quantitative estimate of drug-likeness (QED) is 0.817. The number of halogens is 1. The van der Waals surface area contributed by atoms with E-state index in [0.717, 1.165) is 0 Å². The summed E-state index contributed by atoms with van der Waals surface area (Å²) in [4.78, 5) is 13.9. The molecule has 5 nitrogen and oxygen atoms in total.